The molecular formula is C24H22N2O7. The largest absolute Gasteiger partial charge is 0.493 e. The Kier molecular flexibility index (Phi) is 7.59. The minimum atomic E-state index is -1.35. The Labute approximate surface area is 190 Å². The molecular weight excluding hydrogens is 428 g/mol. The van der Waals surface area contributed by atoms with Crippen LogP contribution in [0.1, 0.15) is 17.2 Å². The molecule has 1 amide bonds. The number of anilines is 1. The number of hydrogen-bond acceptors (Lipinski definition) is 7. The van der Waals surface area contributed by atoms with Gasteiger partial charge in [-0.3, -0.25) is 14.9 Å². The molecule has 170 valence electrons. The fourth-order valence-corrected chi connectivity index (χ4v) is 3.04. The van der Waals surface area contributed by atoms with Crippen LogP contribution < -0.4 is 14.8 Å². The van der Waals surface area contributed by atoms with E-state index in [0.29, 0.717) is 22.6 Å². The van der Waals surface area contributed by atoms with E-state index in [1.807, 2.05) is 0 Å². The quantitative estimate of drug-likeness (QED) is 0.295. The fourth-order valence-electron chi connectivity index (χ4n) is 3.04. The Bertz CT molecular complexity index is 1150. The maximum absolute atomic E-state index is 13.0. The van der Waals surface area contributed by atoms with Crippen molar-refractivity contribution >= 4 is 23.3 Å². The highest BCUT2D eigenvalue weighted by molar-refractivity contribution is 5.97. The number of nitro groups is 1. The van der Waals surface area contributed by atoms with E-state index in [1.165, 1.54) is 19.2 Å². The van der Waals surface area contributed by atoms with Crippen LogP contribution in [0.2, 0.25) is 0 Å². The molecule has 0 saturated heterocycles. The maximum atomic E-state index is 13.0. The summed E-state index contributed by atoms with van der Waals surface area (Å²) in [6.45, 7) is 1.23. The topological polar surface area (TPSA) is 117 Å². The van der Waals surface area contributed by atoms with Gasteiger partial charge in [0.2, 0.25) is 6.10 Å². The summed E-state index contributed by atoms with van der Waals surface area (Å²) in [7, 11) is 1.47. The number of hydrogen-bond donors (Lipinski definition) is 1. The van der Waals surface area contributed by atoms with E-state index in [-0.39, 0.29) is 11.4 Å². The van der Waals surface area contributed by atoms with Gasteiger partial charge in [0, 0.05) is 11.6 Å². The number of nitrogens with zero attached hydrogens (tertiary/aromatic N) is 1. The van der Waals surface area contributed by atoms with Crippen molar-refractivity contribution < 1.29 is 28.7 Å². The Morgan fingerprint density at radius 1 is 1.00 bits per heavy atom. The molecule has 1 atom stereocenters. The average Bonchev–Trinajstić information content (AvgIpc) is 2.82. The minimum Gasteiger partial charge on any atom is -0.493 e. The molecule has 0 heterocycles. The van der Waals surface area contributed by atoms with Gasteiger partial charge in [-0.1, -0.05) is 48.5 Å². The molecule has 1 unspecified atom stereocenters. The first-order chi connectivity index (χ1) is 15.9. The SMILES string of the molecule is COc1ccccc1OCC(=O)OC(C(=O)Nc1ccc(C)cc1[N+](=O)[O-])c1ccccc1. The number of carbonyl (C=O) groups excluding carboxylic acids is 2. The minimum absolute atomic E-state index is 0.00199. The van der Waals surface area contributed by atoms with Gasteiger partial charge >= 0.3 is 5.97 Å². The number of ether oxygens (including phenoxy) is 3. The zero-order chi connectivity index (χ0) is 23.8. The van der Waals surface area contributed by atoms with Crippen LogP contribution in [-0.4, -0.2) is 30.5 Å². The van der Waals surface area contributed by atoms with Crippen LogP contribution in [0.5, 0.6) is 11.5 Å². The lowest BCUT2D eigenvalue weighted by Gasteiger charge is -2.18. The van der Waals surface area contributed by atoms with Gasteiger partial charge < -0.3 is 19.5 Å². The molecule has 3 rings (SSSR count). The summed E-state index contributed by atoms with van der Waals surface area (Å²) in [6.07, 6.45) is -1.35. The summed E-state index contributed by atoms with van der Waals surface area (Å²) in [5, 5.41) is 13.9. The van der Waals surface area contributed by atoms with Gasteiger partial charge in [0.05, 0.1) is 12.0 Å². The number of esters is 1. The molecule has 9 heteroatoms. The van der Waals surface area contributed by atoms with Gasteiger partial charge in [-0.25, -0.2) is 4.79 Å². The zero-order valence-electron chi connectivity index (χ0n) is 18.0. The summed E-state index contributed by atoms with van der Waals surface area (Å²) in [5.74, 6) is -0.760. The number of nitrogens with one attached hydrogen (secondary N) is 1. The van der Waals surface area contributed by atoms with Crippen LogP contribution in [0, 0.1) is 17.0 Å². The first-order valence-electron chi connectivity index (χ1n) is 9.95. The van der Waals surface area contributed by atoms with Gasteiger partial charge in [-0.15, -0.1) is 0 Å². The lowest BCUT2D eigenvalue weighted by Crippen LogP contribution is -2.28. The first-order valence-corrected chi connectivity index (χ1v) is 9.95. The van der Waals surface area contributed by atoms with E-state index in [1.54, 1.807) is 67.6 Å². The molecule has 0 aliphatic rings. The second-order valence-electron chi connectivity index (χ2n) is 6.99. The molecule has 0 saturated carbocycles. The number of rotatable bonds is 9. The molecule has 0 fully saturated rings. The van der Waals surface area contributed by atoms with Crippen LogP contribution in [0.25, 0.3) is 0 Å². The standard InChI is InChI=1S/C24H22N2O7/c1-16-12-13-18(19(14-16)26(29)30)25-24(28)23(17-8-4-3-5-9-17)33-22(27)15-32-21-11-7-6-10-20(21)31-2/h3-14,23H,15H2,1-2H3,(H,25,28). The van der Waals surface area contributed by atoms with E-state index in [0.717, 1.165) is 0 Å². The maximum Gasteiger partial charge on any atom is 0.345 e. The number of carbonyl (C=O) groups is 2. The molecule has 33 heavy (non-hydrogen) atoms. The average molecular weight is 450 g/mol. The highest BCUT2D eigenvalue weighted by Crippen LogP contribution is 2.28. The van der Waals surface area contributed by atoms with Crippen molar-refractivity contribution in [2.45, 2.75) is 13.0 Å². The highest BCUT2D eigenvalue weighted by atomic mass is 16.6. The number of amides is 1. The number of aryl methyl sites for hydroxylation is 1. The summed E-state index contributed by atoms with van der Waals surface area (Å²) >= 11 is 0. The number of para-hydroxylation sites is 2. The third kappa shape index (κ3) is 6.07. The molecule has 0 bridgehead atoms. The summed E-state index contributed by atoms with van der Waals surface area (Å²) in [5.41, 5.74) is 0.800. The Hall–Kier alpha value is -4.40. The number of benzene rings is 3. The van der Waals surface area contributed by atoms with Crippen molar-refractivity contribution in [2.75, 3.05) is 19.0 Å². The smallest absolute Gasteiger partial charge is 0.345 e. The number of methoxy groups -OCH3 is 1. The Morgan fingerprint density at radius 3 is 2.33 bits per heavy atom. The normalized spacial score (nSPS) is 11.2. The molecule has 0 spiro atoms. The van der Waals surface area contributed by atoms with Gasteiger partial charge in [0.15, 0.2) is 18.1 Å². The van der Waals surface area contributed by atoms with Crippen LogP contribution in [0.3, 0.4) is 0 Å². The van der Waals surface area contributed by atoms with E-state index in [4.69, 9.17) is 14.2 Å². The van der Waals surface area contributed by atoms with Crippen molar-refractivity contribution in [3.05, 3.63) is 94.0 Å². The van der Waals surface area contributed by atoms with E-state index in [2.05, 4.69) is 5.32 Å². The van der Waals surface area contributed by atoms with Gasteiger partial charge in [-0.2, -0.15) is 0 Å². The molecule has 3 aromatic carbocycles. The summed E-state index contributed by atoms with van der Waals surface area (Å²) in [6, 6.07) is 19.5. The van der Waals surface area contributed by atoms with E-state index >= 15 is 0 Å². The molecule has 1 N–H and O–H groups in total. The summed E-state index contributed by atoms with van der Waals surface area (Å²) < 4.78 is 16.0. The summed E-state index contributed by atoms with van der Waals surface area (Å²) in [4.78, 5) is 36.3. The first kappa shape index (κ1) is 23.3. The fraction of sp³-hybridized carbons (Fsp3) is 0.167. The lowest BCUT2D eigenvalue weighted by atomic mass is 10.1. The van der Waals surface area contributed by atoms with Gasteiger partial charge in [-0.05, 0) is 30.7 Å². The van der Waals surface area contributed by atoms with Crippen LogP contribution in [0.4, 0.5) is 11.4 Å². The zero-order valence-corrected chi connectivity index (χ0v) is 18.0. The van der Waals surface area contributed by atoms with Crippen LogP contribution >= 0.6 is 0 Å². The predicted octanol–water partition coefficient (Wildman–Crippen LogP) is 4.21. The third-order valence-electron chi connectivity index (χ3n) is 4.61. The van der Waals surface area contributed by atoms with Crippen molar-refractivity contribution in [2.24, 2.45) is 0 Å². The molecule has 0 aliphatic carbocycles. The van der Waals surface area contributed by atoms with Gasteiger partial charge in [0.1, 0.15) is 5.69 Å². The van der Waals surface area contributed by atoms with E-state index < -0.39 is 29.5 Å². The Balaban J connectivity index is 1.77. The molecule has 0 radical (unpaired) electrons. The number of nitro benzene ring substituents is 1. The van der Waals surface area contributed by atoms with Crippen molar-refractivity contribution in [1.82, 2.24) is 0 Å². The second-order valence-corrected chi connectivity index (χ2v) is 6.99. The molecule has 0 aromatic heterocycles. The third-order valence-corrected chi connectivity index (χ3v) is 4.61. The van der Waals surface area contributed by atoms with Crippen LogP contribution in [-0.2, 0) is 14.3 Å². The molecule has 9 nitrogen and oxygen atoms in total. The van der Waals surface area contributed by atoms with Crippen LogP contribution in [0.15, 0.2) is 72.8 Å². The van der Waals surface area contributed by atoms with Crippen molar-refractivity contribution in [3.8, 4) is 11.5 Å². The molecule has 0 aliphatic heterocycles. The predicted molar refractivity (Wildman–Crippen MR) is 120 cm³/mol. The van der Waals surface area contributed by atoms with Gasteiger partial charge in [0.25, 0.3) is 11.6 Å². The van der Waals surface area contributed by atoms with Crippen molar-refractivity contribution in [3.63, 3.8) is 0 Å². The van der Waals surface area contributed by atoms with E-state index in [9.17, 15) is 19.7 Å². The lowest BCUT2D eigenvalue weighted by molar-refractivity contribution is -0.384. The highest BCUT2D eigenvalue weighted by Gasteiger charge is 2.27. The Morgan fingerprint density at radius 2 is 1.67 bits per heavy atom. The second kappa shape index (κ2) is 10.8. The molecule has 3 aromatic rings. The monoisotopic (exact) mass is 450 g/mol. The van der Waals surface area contributed by atoms with Crippen molar-refractivity contribution in [1.29, 1.82) is 0 Å².